The first-order valence-electron chi connectivity index (χ1n) is 4.99. The molecule has 1 heterocycles. The average molecular weight is 213 g/mol. The van der Waals surface area contributed by atoms with Crippen molar-refractivity contribution in [1.82, 2.24) is 10.1 Å². The molecule has 1 aliphatic carbocycles. The normalized spacial score (nSPS) is 20.2. The van der Waals surface area contributed by atoms with Crippen molar-refractivity contribution in [3.05, 3.63) is 11.7 Å². The number of rotatable bonds is 5. The number of hydrogen-bond acceptors (Lipinski definition) is 6. The van der Waals surface area contributed by atoms with E-state index in [1.165, 1.54) is 0 Å². The summed E-state index contributed by atoms with van der Waals surface area (Å²) < 4.78 is 10.3. The van der Waals surface area contributed by atoms with Crippen LogP contribution in [0.25, 0.3) is 0 Å². The van der Waals surface area contributed by atoms with Crippen molar-refractivity contribution in [2.24, 2.45) is 11.7 Å². The van der Waals surface area contributed by atoms with Crippen LogP contribution in [0.15, 0.2) is 4.52 Å². The second-order valence-electron chi connectivity index (χ2n) is 3.77. The van der Waals surface area contributed by atoms with Gasteiger partial charge >= 0.3 is 0 Å². The van der Waals surface area contributed by atoms with Crippen LogP contribution in [-0.4, -0.2) is 29.0 Å². The third-order valence-electron chi connectivity index (χ3n) is 2.53. The number of aliphatic hydroxyl groups is 1. The number of ether oxygens (including phenoxy) is 1. The van der Waals surface area contributed by atoms with E-state index >= 15 is 0 Å². The minimum atomic E-state index is -0.608. The van der Waals surface area contributed by atoms with Crippen molar-refractivity contribution >= 4 is 0 Å². The molecule has 1 unspecified atom stereocenters. The summed E-state index contributed by atoms with van der Waals surface area (Å²) in [4.78, 5) is 4.13. The number of hydrogen-bond donors (Lipinski definition) is 2. The number of nitrogens with two attached hydrogens (primary N) is 1. The largest absolute Gasteiger partial charge is 0.394 e. The van der Waals surface area contributed by atoms with Gasteiger partial charge in [0.1, 0.15) is 12.1 Å². The van der Waals surface area contributed by atoms with Crippen LogP contribution in [0.1, 0.15) is 36.7 Å². The Morgan fingerprint density at radius 1 is 1.67 bits per heavy atom. The molecule has 0 saturated heterocycles. The van der Waals surface area contributed by atoms with Crippen molar-refractivity contribution < 1.29 is 14.4 Å². The van der Waals surface area contributed by atoms with Crippen LogP contribution in [0.2, 0.25) is 0 Å². The Labute approximate surface area is 87.4 Å². The molecule has 6 heteroatoms. The van der Waals surface area contributed by atoms with Crippen LogP contribution < -0.4 is 5.73 Å². The molecular formula is C9H15N3O3. The Morgan fingerprint density at radius 2 is 2.40 bits per heavy atom. The van der Waals surface area contributed by atoms with Crippen LogP contribution in [0.3, 0.4) is 0 Å². The van der Waals surface area contributed by atoms with Gasteiger partial charge in [0.25, 0.3) is 0 Å². The Balaban J connectivity index is 2.10. The zero-order valence-electron chi connectivity index (χ0n) is 8.59. The van der Waals surface area contributed by atoms with Crippen molar-refractivity contribution in [3.63, 3.8) is 0 Å². The maximum atomic E-state index is 8.83. The molecule has 1 aliphatic rings. The lowest BCUT2D eigenvalue weighted by Crippen LogP contribution is -2.15. The van der Waals surface area contributed by atoms with Gasteiger partial charge in [-0.25, -0.2) is 0 Å². The summed E-state index contributed by atoms with van der Waals surface area (Å²) in [6.07, 6.45) is 2.16. The third-order valence-corrected chi connectivity index (χ3v) is 2.53. The highest BCUT2D eigenvalue weighted by Crippen LogP contribution is 2.41. The van der Waals surface area contributed by atoms with Gasteiger partial charge in [-0.2, -0.15) is 4.98 Å². The van der Waals surface area contributed by atoms with Crippen molar-refractivity contribution in [3.8, 4) is 0 Å². The van der Waals surface area contributed by atoms with Gasteiger partial charge in [-0.05, 0) is 18.8 Å². The monoisotopic (exact) mass is 213 g/mol. The van der Waals surface area contributed by atoms with E-state index in [0.717, 1.165) is 12.8 Å². The summed E-state index contributed by atoms with van der Waals surface area (Å²) in [5, 5.41) is 12.6. The molecule has 15 heavy (non-hydrogen) atoms. The molecule has 1 aromatic heterocycles. The highest BCUT2D eigenvalue weighted by Gasteiger charge is 2.35. The Kier molecular flexibility index (Phi) is 2.99. The molecule has 0 bridgehead atoms. The van der Waals surface area contributed by atoms with Gasteiger partial charge in [0.2, 0.25) is 11.7 Å². The summed E-state index contributed by atoms with van der Waals surface area (Å²) in [5.41, 5.74) is 5.55. The minimum absolute atomic E-state index is 0.103. The fourth-order valence-corrected chi connectivity index (χ4v) is 1.50. The topological polar surface area (TPSA) is 94.4 Å². The van der Waals surface area contributed by atoms with E-state index in [1.807, 2.05) is 0 Å². The number of aliphatic hydroxyl groups excluding tert-OH is 1. The molecular weight excluding hydrogens is 198 g/mol. The second kappa shape index (κ2) is 4.26. The molecule has 0 amide bonds. The first-order valence-corrected chi connectivity index (χ1v) is 4.99. The van der Waals surface area contributed by atoms with Gasteiger partial charge in [0.15, 0.2) is 0 Å². The van der Waals surface area contributed by atoms with Gasteiger partial charge in [0.05, 0.1) is 6.61 Å². The predicted molar refractivity (Wildman–Crippen MR) is 50.8 cm³/mol. The molecule has 0 aromatic carbocycles. The zero-order chi connectivity index (χ0) is 10.8. The highest BCUT2D eigenvalue weighted by atomic mass is 16.5. The summed E-state index contributed by atoms with van der Waals surface area (Å²) >= 11 is 0. The van der Waals surface area contributed by atoms with Crippen molar-refractivity contribution in [1.29, 1.82) is 0 Å². The highest BCUT2D eigenvalue weighted by molar-refractivity contribution is 5.00. The number of methoxy groups -OCH3 is 1. The van der Waals surface area contributed by atoms with E-state index in [2.05, 4.69) is 10.1 Å². The predicted octanol–water partition coefficient (Wildman–Crippen LogP) is 0.159. The van der Waals surface area contributed by atoms with Gasteiger partial charge in [-0.1, -0.05) is 5.16 Å². The molecule has 2 atom stereocenters. The van der Waals surface area contributed by atoms with E-state index in [1.54, 1.807) is 7.11 Å². The average Bonchev–Trinajstić information content (AvgIpc) is 2.96. The first-order chi connectivity index (χ1) is 7.26. The standard InChI is InChI=1S/C9H15N3O3/c1-14-7(5-2-3-5)8-11-9(15-12-8)6(10)4-13/h5-7,13H,2-4,10H2,1H3/t6-,7?/m1/s1. The molecule has 84 valence electrons. The van der Waals surface area contributed by atoms with Gasteiger partial charge < -0.3 is 20.1 Å². The maximum absolute atomic E-state index is 8.83. The van der Waals surface area contributed by atoms with Crippen LogP contribution >= 0.6 is 0 Å². The molecule has 3 N–H and O–H groups in total. The van der Waals surface area contributed by atoms with E-state index < -0.39 is 6.04 Å². The summed E-state index contributed by atoms with van der Waals surface area (Å²) in [5.74, 6) is 1.28. The van der Waals surface area contributed by atoms with Crippen LogP contribution in [0.4, 0.5) is 0 Å². The van der Waals surface area contributed by atoms with Crippen LogP contribution in [-0.2, 0) is 4.74 Å². The quantitative estimate of drug-likeness (QED) is 0.723. The zero-order valence-corrected chi connectivity index (χ0v) is 8.59. The SMILES string of the molecule is COC(c1noc([C@H](N)CO)n1)C1CC1. The Bertz CT molecular complexity index is 324. The minimum Gasteiger partial charge on any atom is -0.394 e. The van der Waals surface area contributed by atoms with Crippen LogP contribution in [0.5, 0.6) is 0 Å². The van der Waals surface area contributed by atoms with E-state index in [0.29, 0.717) is 11.7 Å². The lowest BCUT2D eigenvalue weighted by molar-refractivity contribution is 0.0751. The molecule has 6 nitrogen and oxygen atoms in total. The third kappa shape index (κ3) is 2.17. The fraction of sp³-hybridized carbons (Fsp3) is 0.778. The molecule has 0 radical (unpaired) electrons. The number of nitrogens with zero attached hydrogens (tertiary/aromatic N) is 2. The smallest absolute Gasteiger partial charge is 0.246 e. The fourth-order valence-electron chi connectivity index (χ4n) is 1.50. The Hall–Kier alpha value is -0.980. The number of aromatic nitrogens is 2. The van der Waals surface area contributed by atoms with E-state index in [-0.39, 0.29) is 18.6 Å². The summed E-state index contributed by atoms with van der Waals surface area (Å²) in [7, 11) is 1.63. The lowest BCUT2D eigenvalue weighted by atomic mass is 10.2. The molecule has 1 fully saturated rings. The summed E-state index contributed by atoms with van der Waals surface area (Å²) in [6.45, 7) is -0.206. The van der Waals surface area contributed by atoms with Gasteiger partial charge in [-0.15, -0.1) is 0 Å². The van der Waals surface area contributed by atoms with Crippen LogP contribution in [0, 0.1) is 5.92 Å². The molecule has 0 spiro atoms. The Morgan fingerprint density at radius 3 is 2.93 bits per heavy atom. The first kappa shape index (κ1) is 10.5. The molecule has 1 saturated carbocycles. The molecule has 1 aromatic rings. The van der Waals surface area contributed by atoms with Crippen molar-refractivity contribution in [2.75, 3.05) is 13.7 Å². The lowest BCUT2D eigenvalue weighted by Gasteiger charge is -2.08. The van der Waals surface area contributed by atoms with E-state index in [9.17, 15) is 0 Å². The molecule has 0 aliphatic heterocycles. The second-order valence-corrected chi connectivity index (χ2v) is 3.77. The van der Waals surface area contributed by atoms with Gasteiger partial charge in [-0.3, -0.25) is 0 Å². The maximum Gasteiger partial charge on any atom is 0.246 e. The molecule has 2 rings (SSSR count). The summed E-state index contributed by atoms with van der Waals surface area (Å²) in [6, 6.07) is -0.608. The van der Waals surface area contributed by atoms with Crippen molar-refractivity contribution in [2.45, 2.75) is 25.0 Å². The van der Waals surface area contributed by atoms with Gasteiger partial charge in [0, 0.05) is 7.11 Å². The van der Waals surface area contributed by atoms with E-state index in [4.69, 9.17) is 20.1 Å².